The summed E-state index contributed by atoms with van der Waals surface area (Å²) in [7, 11) is 3.32. The number of nitrogens with zero attached hydrogens (tertiary/aromatic N) is 1. The van der Waals surface area contributed by atoms with E-state index in [-0.39, 0.29) is 6.04 Å². The van der Waals surface area contributed by atoms with Gasteiger partial charge < -0.3 is 19.9 Å². The third-order valence-corrected chi connectivity index (χ3v) is 3.77. The summed E-state index contributed by atoms with van der Waals surface area (Å²) in [4.78, 5) is 2.35. The van der Waals surface area contributed by atoms with Gasteiger partial charge in [-0.1, -0.05) is 0 Å². The van der Waals surface area contributed by atoms with Crippen LogP contribution in [0.15, 0.2) is 18.2 Å². The largest absolute Gasteiger partial charge is 0.497 e. The lowest BCUT2D eigenvalue weighted by Crippen LogP contribution is -2.46. The second-order valence-corrected chi connectivity index (χ2v) is 5.13. The van der Waals surface area contributed by atoms with Crippen molar-refractivity contribution in [3.8, 4) is 11.5 Å². The fourth-order valence-electron chi connectivity index (χ4n) is 2.51. The summed E-state index contributed by atoms with van der Waals surface area (Å²) in [6.07, 6.45) is 0. The van der Waals surface area contributed by atoms with Crippen molar-refractivity contribution in [1.29, 1.82) is 0 Å². The standard InChI is InChI=1S/C15H24N2O3/c1-11-10-20-7-6-17(11)9-14(16)13-8-12(18-2)4-5-15(13)19-3/h4-5,8,11,14H,6-7,9-10,16H2,1-3H3. The van der Waals surface area contributed by atoms with E-state index in [2.05, 4.69) is 11.8 Å². The van der Waals surface area contributed by atoms with E-state index >= 15 is 0 Å². The molecule has 2 unspecified atom stereocenters. The maximum absolute atomic E-state index is 6.37. The van der Waals surface area contributed by atoms with Gasteiger partial charge in [0.2, 0.25) is 0 Å². The summed E-state index contributed by atoms with van der Waals surface area (Å²) in [5, 5.41) is 0. The minimum atomic E-state index is -0.111. The molecule has 1 aromatic rings. The minimum Gasteiger partial charge on any atom is -0.497 e. The molecule has 1 aliphatic heterocycles. The molecule has 1 saturated heterocycles. The highest BCUT2D eigenvalue weighted by Crippen LogP contribution is 2.29. The number of ether oxygens (including phenoxy) is 3. The van der Waals surface area contributed by atoms with Crippen molar-refractivity contribution in [2.75, 3.05) is 40.5 Å². The molecule has 2 rings (SSSR count). The monoisotopic (exact) mass is 280 g/mol. The quantitative estimate of drug-likeness (QED) is 0.884. The lowest BCUT2D eigenvalue weighted by molar-refractivity contribution is -0.00289. The molecule has 0 bridgehead atoms. The first-order valence-electron chi connectivity index (χ1n) is 6.95. The predicted molar refractivity (Wildman–Crippen MR) is 78.3 cm³/mol. The van der Waals surface area contributed by atoms with Crippen LogP contribution in [0.3, 0.4) is 0 Å². The van der Waals surface area contributed by atoms with Crippen molar-refractivity contribution in [2.45, 2.75) is 19.0 Å². The third-order valence-electron chi connectivity index (χ3n) is 3.77. The fraction of sp³-hybridized carbons (Fsp3) is 0.600. The first kappa shape index (κ1) is 15.1. The van der Waals surface area contributed by atoms with E-state index in [0.717, 1.165) is 43.4 Å². The Morgan fingerprint density at radius 1 is 1.40 bits per heavy atom. The van der Waals surface area contributed by atoms with Crippen molar-refractivity contribution in [3.05, 3.63) is 23.8 Å². The molecule has 0 spiro atoms. The van der Waals surface area contributed by atoms with E-state index in [4.69, 9.17) is 19.9 Å². The molecule has 5 heteroatoms. The Bertz CT molecular complexity index is 439. The van der Waals surface area contributed by atoms with E-state index in [1.165, 1.54) is 0 Å². The van der Waals surface area contributed by atoms with Crippen LogP contribution >= 0.6 is 0 Å². The van der Waals surface area contributed by atoms with Crippen LogP contribution in [0, 0.1) is 0 Å². The molecule has 0 radical (unpaired) electrons. The molecule has 20 heavy (non-hydrogen) atoms. The van der Waals surface area contributed by atoms with Crippen molar-refractivity contribution < 1.29 is 14.2 Å². The van der Waals surface area contributed by atoms with Crippen LogP contribution in [0.25, 0.3) is 0 Å². The molecular weight excluding hydrogens is 256 g/mol. The highest BCUT2D eigenvalue weighted by Gasteiger charge is 2.23. The van der Waals surface area contributed by atoms with Gasteiger partial charge in [-0.2, -0.15) is 0 Å². The van der Waals surface area contributed by atoms with E-state index in [1.807, 2.05) is 18.2 Å². The van der Waals surface area contributed by atoms with Crippen LogP contribution in [-0.4, -0.2) is 51.5 Å². The second kappa shape index (κ2) is 6.92. The Labute approximate surface area is 120 Å². The van der Waals surface area contributed by atoms with Gasteiger partial charge in [0, 0.05) is 30.7 Å². The maximum atomic E-state index is 6.37. The molecule has 1 fully saturated rings. The zero-order valence-electron chi connectivity index (χ0n) is 12.5. The van der Waals surface area contributed by atoms with Gasteiger partial charge in [0.1, 0.15) is 11.5 Å². The first-order valence-corrected chi connectivity index (χ1v) is 6.95. The van der Waals surface area contributed by atoms with Gasteiger partial charge in [-0.15, -0.1) is 0 Å². The molecule has 1 aromatic carbocycles. The summed E-state index contributed by atoms with van der Waals surface area (Å²) >= 11 is 0. The van der Waals surface area contributed by atoms with Gasteiger partial charge in [0.05, 0.1) is 27.4 Å². The second-order valence-electron chi connectivity index (χ2n) is 5.13. The van der Waals surface area contributed by atoms with Gasteiger partial charge >= 0.3 is 0 Å². The molecule has 0 saturated carbocycles. The highest BCUT2D eigenvalue weighted by atomic mass is 16.5. The van der Waals surface area contributed by atoms with Crippen LogP contribution < -0.4 is 15.2 Å². The molecule has 2 N–H and O–H groups in total. The van der Waals surface area contributed by atoms with Gasteiger partial charge in [-0.3, -0.25) is 4.90 Å². The number of rotatable bonds is 5. The number of benzene rings is 1. The molecule has 0 aromatic heterocycles. The van der Waals surface area contributed by atoms with Gasteiger partial charge in [-0.25, -0.2) is 0 Å². The number of methoxy groups -OCH3 is 2. The van der Waals surface area contributed by atoms with Crippen LogP contribution in [-0.2, 0) is 4.74 Å². The summed E-state index contributed by atoms with van der Waals surface area (Å²) in [6.45, 7) is 5.40. The maximum Gasteiger partial charge on any atom is 0.123 e. The molecule has 0 amide bonds. The van der Waals surface area contributed by atoms with Crippen molar-refractivity contribution in [1.82, 2.24) is 4.90 Å². The lowest BCUT2D eigenvalue weighted by Gasteiger charge is -2.35. The smallest absolute Gasteiger partial charge is 0.123 e. The summed E-state index contributed by atoms with van der Waals surface area (Å²) in [5.74, 6) is 1.60. The predicted octanol–water partition coefficient (Wildman–Crippen LogP) is 1.42. The fourth-order valence-corrected chi connectivity index (χ4v) is 2.51. The Hall–Kier alpha value is -1.30. The Morgan fingerprint density at radius 3 is 2.85 bits per heavy atom. The van der Waals surface area contributed by atoms with Crippen molar-refractivity contribution >= 4 is 0 Å². The molecule has 5 nitrogen and oxygen atoms in total. The number of nitrogens with two attached hydrogens (primary N) is 1. The minimum absolute atomic E-state index is 0.111. The van der Waals surface area contributed by atoms with E-state index in [1.54, 1.807) is 14.2 Å². The average molecular weight is 280 g/mol. The topological polar surface area (TPSA) is 57.0 Å². The number of hydrogen-bond donors (Lipinski definition) is 1. The molecule has 0 aliphatic carbocycles. The van der Waals surface area contributed by atoms with Crippen molar-refractivity contribution in [3.63, 3.8) is 0 Å². The molecular formula is C15H24N2O3. The average Bonchev–Trinajstić information content (AvgIpc) is 2.48. The Morgan fingerprint density at radius 2 is 2.20 bits per heavy atom. The van der Waals surface area contributed by atoms with Crippen LogP contribution in [0.4, 0.5) is 0 Å². The van der Waals surface area contributed by atoms with Crippen LogP contribution in [0.2, 0.25) is 0 Å². The number of morpholine rings is 1. The molecule has 2 atom stereocenters. The van der Waals surface area contributed by atoms with E-state index in [9.17, 15) is 0 Å². The zero-order chi connectivity index (χ0) is 14.5. The highest BCUT2D eigenvalue weighted by molar-refractivity contribution is 5.42. The number of hydrogen-bond acceptors (Lipinski definition) is 5. The molecule has 112 valence electrons. The molecule has 1 aliphatic rings. The Kier molecular flexibility index (Phi) is 5.23. The molecule has 1 heterocycles. The SMILES string of the molecule is COc1ccc(OC)c(C(N)CN2CCOCC2C)c1. The van der Waals surface area contributed by atoms with E-state index < -0.39 is 0 Å². The van der Waals surface area contributed by atoms with Gasteiger partial charge in [0.25, 0.3) is 0 Å². The lowest BCUT2D eigenvalue weighted by atomic mass is 10.0. The summed E-state index contributed by atoms with van der Waals surface area (Å²) in [6, 6.07) is 6.02. The Balaban J connectivity index is 2.12. The normalized spacial score (nSPS) is 21.5. The summed E-state index contributed by atoms with van der Waals surface area (Å²) in [5.41, 5.74) is 7.35. The van der Waals surface area contributed by atoms with Crippen LogP contribution in [0.5, 0.6) is 11.5 Å². The summed E-state index contributed by atoms with van der Waals surface area (Å²) < 4.78 is 16.1. The van der Waals surface area contributed by atoms with Gasteiger partial charge in [-0.05, 0) is 25.1 Å². The third kappa shape index (κ3) is 3.42. The van der Waals surface area contributed by atoms with Gasteiger partial charge in [0.15, 0.2) is 0 Å². The first-order chi connectivity index (χ1) is 9.65. The van der Waals surface area contributed by atoms with Crippen LogP contribution in [0.1, 0.15) is 18.5 Å². The van der Waals surface area contributed by atoms with E-state index in [0.29, 0.717) is 6.04 Å². The van der Waals surface area contributed by atoms with Crippen molar-refractivity contribution in [2.24, 2.45) is 5.73 Å². The zero-order valence-corrected chi connectivity index (χ0v) is 12.5.